The molecule has 1 aliphatic heterocycles. The van der Waals surface area contributed by atoms with Crippen molar-refractivity contribution in [2.24, 2.45) is 7.05 Å². The van der Waals surface area contributed by atoms with Gasteiger partial charge in [0.1, 0.15) is 25.4 Å². The Morgan fingerprint density at radius 3 is 2.09 bits per heavy atom. The van der Waals surface area contributed by atoms with Crippen molar-refractivity contribution in [3.63, 3.8) is 0 Å². The average Bonchev–Trinajstić information content (AvgIpc) is 3.05. The number of rotatable bonds is 4. The Bertz CT molecular complexity index is 658. The number of hydrogen-bond donors (Lipinski definition) is 0. The van der Waals surface area contributed by atoms with E-state index >= 15 is 0 Å². The van der Waals surface area contributed by atoms with Crippen LogP contribution in [0.15, 0.2) is 30.6 Å². The lowest BCUT2D eigenvalue weighted by Gasteiger charge is -2.17. The Morgan fingerprint density at radius 2 is 1.64 bits per heavy atom. The average molecular weight is 295 g/mol. The van der Waals surface area contributed by atoms with Crippen LogP contribution in [-0.2, 0) is 7.05 Å². The van der Waals surface area contributed by atoms with Gasteiger partial charge >= 0.3 is 0 Å². The van der Waals surface area contributed by atoms with Crippen molar-refractivity contribution in [3.05, 3.63) is 47.5 Å². The first-order valence-corrected chi connectivity index (χ1v) is 8.61. The maximum atomic E-state index is 2.47. The van der Waals surface area contributed by atoms with Gasteiger partial charge in [-0.25, -0.2) is 4.57 Å². The molecule has 0 N–H and O–H groups in total. The number of para-hydroxylation sites is 1. The molecule has 0 radical (unpaired) electrons. The molecule has 2 nitrogen and oxygen atoms in total. The first kappa shape index (κ1) is 15.4. The molecule has 2 heterocycles. The van der Waals surface area contributed by atoms with Gasteiger partial charge in [-0.15, -0.1) is 0 Å². The normalized spacial score (nSPS) is 20.5. The maximum absolute atomic E-state index is 2.47. The Morgan fingerprint density at radius 1 is 1.09 bits per heavy atom. The van der Waals surface area contributed by atoms with Crippen molar-refractivity contribution in [1.29, 1.82) is 0 Å². The molecule has 1 aromatic heterocycles. The van der Waals surface area contributed by atoms with Crippen LogP contribution in [0.25, 0.3) is 5.69 Å². The number of aryl methyl sites for hydroxylation is 1. The molecule has 2 unspecified atom stereocenters. The first-order chi connectivity index (χ1) is 10.4. The van der Waals surface area contributed by atoms with Crippen LogP contribution in [0.4, 0.5) is 0 Å². The second-order valence-electron chi connectivity index (χ2n) is 7.55. The van der Waals surface area contributed by atoms with Crippen LogP contribution in [0.1, 0.15) is 69.2 Å². The second-order valence-corrected chi connectivity index (χ2v) is 7.55. The fourth-order valence-corrected chi connectivity index (χ4v) is 3.59. The molecular weight excluding hydrogens is 267 g/mol. The van der Waals surface area contributed by atoms with Gasteiger partial charge in [0.25, 0.3) is 5.82 Å². The summed E-state index contributed by atoms with van der Waals surface area (Å²) in [5.74, 6) is 4.05. The summed E-state index contributed by atoms with van der Waals surface area (Å²) in [6.07, 6.45) is 4.47. The van der Waals surface area contributed by atoms with Crippen molar-refractivity contribution >= 4 is 7.28 Å². The van der Waals surface area contributed by atoms with Gasteiger partial charge in [0.15, 0.2) is 0 Å². The van der Waals surface area contributed by atoms with Gasteiger partial charge in [-0.3, -0.25) is 0 Å². The van der Waals surface area contributed by atoms with Gasteiger partial charge in [-0.05, 0) is 11.8 Å². The predicted molar refractivity (Wildman–Crippen MR) is 94.4 cm³/mol. The van der Waals surface area contributed by atoms with Crippen molar-refractivity contribution < 1.29 is 4.57 Å². The summed E-state index contributed by atoms with van der Waals surface area (Å²) in [5.41, 5.74) is 4.33. The van der Waals surface area contributed by atoms with Crippen molar-refractivity contribution in [2.45, 2.75) is 58.1 Å². The molecule has 0 bridgehead atoms. The molecule has 22 heavy (non-hydrogen) atoms. The third-order valence-electron chi connectivity index (χ3n) is 5.07. The Kier molecular flexibility index (Phi) is 3.92. The van der Waals surface area contributed by atoms with Crippen molar-refractivity contribution in [3.8, 4) is 5.69 Å². The van der Waals surface area contributed by atoms with Crippen molar-refractivity contribution in [2.75, 3.05) is 0 Å². The summed E-state index contributed by atoms with van der Waals surface area (Å²) < 4.78 is 4.79. The van der Waals surface area contributed by atoms with Crippen LogP contribution in [0.2, 0.25) is 5.82 Å². The van der Waals surface area contributed by atoms with E-state index in [4.69, 9.17) is 0 Å². The topological polar surface area (TPSA) is 8.81 Å². The van der Waals surface area contributed by atoms with E-state index in [-0.39, 0.29) is 0 Å². The summed E-state index contributed by atoms with van der Waals surface area (Å²) in [7, 11) is 3.50. The van der Waals surface area contributed by atoms with Gasteiger partial charge in [0.05, 0.1) is 7.05 Å². The zero-order valence-corrected chi connectivity index (χ0v) is 14.8. The minimum Gasteiger partial charge on any atom is -0.237 e. The molecule has 1 aliphatic rings. The Labute approximate surface area is 135 Å². The zero-order chi connectivity index (χ0) is 16.0. The lowest BCUT2D eigenvalue weighted by atomic mass is 9.92. The molecule has 2 aromatic rings. The van der Waals surface area contributed by atoms with E-state index in [0.29, 0.717) is 17.7 Å². The second kappa shape index (κ2) is 5.60. The fourth-order valence-electron chi connectivity index (χ4n) is 3.59. The van der Waals surface area contributed by atoms with Crippen LogP contribution < -0.4 is 4.57 Å². The SMILES string of the molecule is CC(C)c1cccc(C(C)C)c1-n1cc[n+](C)c1C1BC1C. The molecule has 3 heteroatoms. The number of nitrogens with zero attached hydrogens (tertiary/aromatic N) is 2. The van der Waals surface area contributed by atoms with Crippen LogP contribution in [0, 0.1) is 0 Å². The first-order valence-electron chi connectivity index (χ1n) is 8.61. The maximum Gasteiger partial charge on any atom is 0.256 e. The summed E-state index contributed by atoms with van der Waals surface area (Å²) in [6.45, 7) is 11.6. The summed E-state index contributed by atoms with van der Waals surface area (Å²) in [5, 5.41) is 0. The quantitative estimate of drug-likeness (QED) is 0.598. The molecular formula is C19H28BN2+. The molecule has 1 aromatic carbocycles. The minimum atomic E-state index is 0.533. The highest BCUT2D eigenvalue weighted by Gasteiger charge is 2.45. The summed E-state index contributed by atoms with van der Waals surface area (Å²) >= 11 is 0. The smallest absolute Gasteiger partial charge is 0.237 e. The predicted octanol–water partition coefficient (Wildman–Crippen LogP) is 3.85. The molecule has 116 valence electrons. The third-order valence-corrected chi connectivity index (χ3v) is 5.07. The Hall–Kier alpha value is -1.51. The molecule has 1 fully saturated rings. The molecule has 3 rings (SSSR count). The molecule has 0 aliphatic carbocycles. The van der Waals surface area contributed by atoms with Gasteiger partial charge < -0.3 is 0 Å². The highest BCUT2D eigenvalue weighted by Crippen LogP contribution is 2.43. The molecule has 0 spiro atoms. The highest BCUT2D eigenvalue weighted by molar-refractivity contribution is 6.53. The van der Waals surface area contributed by atoms with E-state index in [1.165, 1.54) is 29.9 Å². The standard InChI is InChI=1S/C19H28BN2/c1-12(2)15-8-7-9-16(13(3)4)18(15)22-11-10-21(6)19(22)17-14(5)20-17/h7-14,17,20H,1-6H3/q+1. The van der Waals surface area contributed by atoms with Gasteiger partial charge in [-0.1, -0.05) is 58.6 Å². The van der Waals surface area contributed by atoms with E-state index in [9.17, 15) is 0 Å². The number of benzene rings is 1. The summed E-state index contributed by atoms with van der Waals surface area (Å²) in [4.78, 5) is 0. The molecule has 2 atom stereocenters. The minimum absolute atomic E-state index is 0.533. The Balaban J connectivity index is 2.24. The fraction of sp³-hybridized carbons (Fsp3) is 0.526. The van der Waals surface area contributed by atoms with Crippen LogP contribution in [-0.4, -0.2) is 11.8 Å². The van der Waals surface area contributed by atoms with Crippen molar-refractivity contribution in [1.82, 2.24) is 4.57 Å². The van der Waals surface area contributed by atoms with E-state index in [1.807, 2.05) is 0 Å². The largest absolute Gasteiger partial charge is 0.256 e. The summed E-state index contributed by atoms with van der Waals surface area (Å²) in [6, 6.07) is 6.81. The molecule has 1 saturated heterocycles. The van der Waals surface area contributed by atoms with Gasteiger partial charge in [0.2, 0.25) is 0 Å². The third kappa shape index (κ3) is 2.51. The van der Waals surface area contributed by atoms with Crippen LogP contribution >= 0.6 is 0 Å². The van der Waals surface area contributed by atoms with E-state index < -0.39 is 0 Å². The molecule has 0 saturated carbocycles. The van der Waals surface area contributed by atoms with E-state index in [2.05, 4.69) is 81.4 Å². The van der Waals surface area contributed by atoms with Gasteiger partial charge in [-0.2, -0.15) is 4.57 Å². The lowest BCUT2D eigenvalue weighted by Crippen LogP contribution is -2.32. The number of aromatic nitrogens is 2. The number of hydrogen-bond acceptors (Lipinski definition) is 0. The van der Waals surface area contributed by atoms with Crippen LogP contribution in [0.5, 0.6) is 0 Å². The lowest BCUT2D eigenvalue weighted by molar-refractivity contribution is -0.678. The van der Waals surface area contributed by atoms with Crippen LogP contribution in [0.3, 0.4) is 0 Å². The monoisotopic (exact) mass is 295 g/mol. The van der Waals surface area contributed by atoms with E-state index in [0.717, 1.165) is 5.82 Å². The zero-order valence-electron chi connectivity index (χ0n) is 14.8. The number of imidazole rings is 1. The molecule has 0 amide bonds. The van der Waals surface area contributed by atoms with E-state index in [1.54, 1.807) is 0 Å². The van der Waals surface area contributed by atoms with Gasteiger partial charge in [0, 0.05) is 16.9 Å². The highest BCUT2D eigenvalue weighted by atomic mass is 15.1.